The molecule has 0 unspecified atom stereocenters. The molecule has 2 heterocycles. The smallest absolute Gasteiger partial charge is 0.312 e. The van der Waals surface area contributed by atoms with Crippen LogP contribution in [0.25, 0.3) is 4.96 Å². The maximum atomic E-state index is 12.0. The van der Waals surface area contributed by atoms with Crippen molar-refractivity contribution >= 4 is 39.8 Å². The highest BCUT2D eigenvalue weighted by Gasteiger charge is 2.13. The van der Waals surface area contributed by atoms with E-state index in [1.807, 2.05) is 42.0 Å². The second kappa shape index (κ2) is 8.66. The molecule has 8 nitrogen and oxygen atoms in total. The first-order valence-corrected chi connectivity index (χ1v) is 9.50. The largest absolute Gasteiger partial charge is 0.455 e. The van der Waals surface area contributed by atoms with E-state index in [9.17, 15) is 14.4 Å². The molecule has 0 saturated carbocycles. The Labute approximate surface area is 165 Å². The molecule has 3 rings (SSSR count). The number of fused-ring (bicyclic) bond motifs is 1. The Hall–Kier alpha value is -3.20. The van der Waals surface area contributed by atoms with Gasteiger partial charge < -0.3 is 15.4 Å². The number of ether oxygens (including phenoxy) is 1. The molecule has 0 aliphatic heterocycles. The number of thiazole rings is 1. The lowest BCUT2D eigenvalue weighted by Crippen LogP contribution is -2.35. The molecule has 2 N–H and O–H groups in total. The number of anilines is 1. The van der Waals surface area contributed by atoms with E-state index in [1.54, 1.807) is 12.3 Å². The molecule has 146 valence electrons. The molecule has 2 amide bonds. The summed E-state index contributed by atoms with van der Waals surface area (Å²) in [5.41, 5.74) is 3.30. The van der Waals surface area contributed by atoms with Crippen LogP contribution in [0, 0.1) is 13.8 Å². The van der Waals surface area contributed by atoms with E-state index in [0.29, 0.717) is 11.4 Å². The molecular weight excluding hydrogens is 380 g/mol. The maximum absolute atomic E-state index is 12.0. The fraction of sp³-hybridized carbons (Fsp3) is 0.263. The standard InChI is InChI=1S/C19H20N4O4S/c1-12-4-3-5-15(13(12)2)22-16(24)9-20-17(25)11-27-18(26)8-14-10-23-6-7-28-19(23)21-14/h3-7,10H,8-9,11H2,1-2H3,(H,20,25)(H,22,24). The van der Waals surface area contributed by atoms with Gasteiger partial charge in [-0.1, -0.05) is 12.1 Å². The first-order chi connectivity index (χ1) is 13.4. The minimum atomic E-state index is -0.555. The quantitative estimate of drug-likeness (QED) is 0.590. The predicted molar refractivity (Wildman–Crippen MR) is 105 cm³/mol. The van der Waals surface area contributed by atoms with Crippen LogP contribution in [0.4, 0.5) is 5.69 Å². The van der Waals surface area contributed by atoms with Gasteiger partial charge in [0.05, 0.1) is 18.7 Å². The van der Waals surface area contributed by atoms with Gasteiger partial charge in [-0.3, -0.25) is 18.8 Å². The molecule has 2 aromatic heterocycles. The Morgan fingerprint density at radius 1 is 1.21 bits per heavy atom. The van der Waals surface area contributed by atoms with Crippen LogP contribution in [-0.4, -0.2) is 40.3 Å². The first kappa shape index (κ1) is 19.6. The third-order valence-electron chi connectivity index (χ3n) is 4.16. The first-order valence-electron chi connectivity index (χ1n) is 8.62. The minimum absolute atomic E-state index is 0.0190. The number of aromatic nitrogens is 2. The van der Waals surface area contributed by atoms with E-state index in [-0.39, 0.29) is 18.9 Å². The maximum Gasteiger partial charge on any atom is 0.312 e. The summed E-state index contributed by atoms with van der Waals surface area (Å²) >= 11 is 1.46. The number of benzene rings is 1. The van der Waals surface area contributed by atoms with Crippen molar-refractivity contribution in [2.75, 3.05) is 18.5 Å². The van der Waals surface area contributed by atoms with Gasteiger partial charge in [-0.15, -0.1) is 11.3 Å². The van der Waals surface area contributed by atoms with E-state index >= 15 is 0 Å². The Morgan fingerprint density at radius 3 is 2.82 bits per heavy atom. The molecule has 0 aliphatic carbocycles. The van der Waals surface area contributed by atoms with E-state index in [0.717, 1.165) is 16.1 Å². The van der Waals surface area contributed by atoms with Crippen molar-refractivity contribution in [1.82, 2.24) is 14.7 Å². The molecule has 0 spiro atoms. The van der Waals surface area contributed by atoms with Crippen molar-refractivity contribution in [2.45, 2.75) is 20.3 Å². The number of esters is 1. The minimum Gasteiger partial charge on any atom is -0.455 e. The highest BCUT2D eigenvalue weighted by molar-refractivity contribution is 7.15. The number of imidazole rings is 1. The highest BCUT2D eigenvalue weighted by atomic mass is 32.1. The molecule has 0 fully saturated rings. The summed E-state index contributed by atoms with van der Waals surface area (Å²) in [6, 6.07) is 5.59. The second-order valence-corrected chi connectivity index (χ2v) is 7.11. The lowest BCUT2D eigenvalue weighted by molar-refractivity contribution is -0.147. The van der Waals surface area contributed by atoms with Crippen LogP contribution in [0.2, 0.25) is 0 Å². The van der Waals surface area contributed by atoms with Gasteiger partial charge in [0.2, 0.25) is 5.91 Å². The number of amides is 2. The molecule has 1 aromatic carbocycles. The third-order valence-corrected chi connectivity index (χ3v) is 4.93. The van der Waals surface area contributed by atoms with Crippen LogP contribution < -0.4 is 10.6 Å². The third kappa shape index (κ3) is 4.95. The molecule has 0 radical (unpaired) electrons. The van der Waals surface area contributed by atoms with E-state index in [1.165, 1.54) is 11.3 Å². The summed E-state index contributed by atoms with van der Waals surface area (Å²) in [5, 5.41) is 7.06. The van der Waals surface area contributed by atoms with Crippen LogP contribution >= 0.6 is 11.3 Å². The number of carbonyl (C=O) groups excluding carboxylic acids is 3. The van der Waals surface area contributed by atoms with Gasteiger partial charge in [0.1, 0.15) is 0 Å². The fourth-order valence-corrected chi connectivity index (χ4v) is 3.24. The molecule has 9 heteroatoms. The highest BCUT2D eigenvalue weighted by Crippen LogP contribution is 2.17. The Balaban J connectivity index is 1.39. The number of hydrogen-bond acceptors (Lipinski definition) is 6. The van der Waals surface area contributed by atoms with Gasteiger partial charge >= 0.3 is 5.97 Å². The number of rotatable bonds is 7. The molecule has 0 atom stereocenters. The summed E-state index contributed by atoms with van der Waals surface area (Å²) in [4.78, 5) is 40.7. The Morgan fingerprint density at radius 2 is 2.04 bits per heavy atom. The van der Waals surface area contributed by atoms with Crippen LogP contribution in [0.1, 0.15) is 16.8 Å². The fourth-order valence-electron chi connectivity index (χ4n) is 2.52. The van der Waals surface area contributed by atoms with Gasteiger partial charge in [0, 0.05) is 23.5 Å². The normalized spacial score (nSPS) is 10.6. The van der Waals surface area contributed by atoms with Gasteiger partial charge in [0.15, 0.2) is 11.6 Å². The van der Waals surface area contributed by atoms with Crippen LogP contribution in [0.5, 0.6) is 0 Å². The van der Waals surface area contributed by atoms with Crippen LogP contribution in [-0.2, 0) is 25.5 Å². The van der Waals surface area contributed by atoms with E-state index in [2.05, 4.69) is 15.6 Å². The molecule has 0 aliphatic rings. The number of aryl methyl sites for hydroxylation is 1. The lowest BCUT2D eigenvalue weighted by atomic mass is 10.1. The van der Waals surface area contributed by atoms with Crippen molar-refractivity contribution < 1.29 is 19.1 Å². The van der Waals surface area contributed by atoms with Crippen LogP contribution in [0.3, 0.4) is 0 Å². The number of hydrogen-bond donors (Lipinski definition) is 2. The molecule has 0 bridgehead atoms. The van der Waals surface area contributed by atoms with Crippen molar-refractivity contribution in [3.8, 4) is 0 Å². The molecule has 0 saturated heterocycles. The van der Waals surface area contributed by atoms with Gasteiger partial charge in [0.25, 0.3) is 5.91 Å². The van der Waals surface area contributed by atoms with Crippen molar-refractivity contribution in [3.05, 3.63) is 52.8 Å². The molecule has 28 heavy (non-hydrogen) atoms. The molecule has 3 aromatic rings. The van der Waals surface area contributed by atoms with Crippen molar-refractivity contribution in [2.24, 2.45) is 0 Å². The SMILES string of the molecule is Cc1cccc(NC(=O)CNC(=O)COC(=O)Cc2cn3ccsc3n2)c1C. The zero-order valence-electron chi connectivity index (χ0n) is 15.5. The van der Waals surface area contributed by atoms with Gasteiger partial charge in [-0.25, -0.2) is 4.98 Å². The Kier molecular flexibility index (Phi) is 6.05. The average molecular weight is 400 g/mol. The van der Waals surface area contributed by atoms with Crippen molar-refractivity contribution in [3.63, 3.8) is 0 Å². The van der Waals surface area contributed by atoms with Crippen LogP contribution in [0.15, 0.2) is 36.0 Å². The summed E-state index contributed by atoms with van der Waals surface area (Å²) in [7, 11) is 0. The number of carbonyl (C=O) groups is 3. The zero-order chi connectivity index (χ0) is 20.1. The second-order valence-electron chi connectivity index (χ2n) is 6.23. The Bertz CT molecular complexity index is 996. The molecular formula is C19H20N4O4S. The summed E-state index contributed by atoms with van der Waals surface area (Å²) < 4.78 is 6.75. The summed E-state index contributed by atoms with van der Waals surface area (Å²) in [6.07, 6.45) is 3.57. The lowest BCUT2D eigenvalue weighted by Gasteiger charge is -2.11. The zero-order valence-corrected chi connectivity index (χ0v) is 16.3. The van der Waals surface area contributed by atoms with E-state index in [4.69, 9.17) is 4.74 Å². The monoisotopic (exact) mass is 400 g/mol. The van der Waals surface area contributed by atoms with Gasteiger partial charge in [-0.05, 0) is 31.0 Å². The predicted octanol–water partition coefficient (Wildman–Crippen LogP) is 1.85. The number of nitrogens with zero attached hydrogens (tertiary/aromatic N) is 2. The summed E-state index contributed by atoms with van der Waals surface area (Å²) in [6.45, 7) is 3.21. The van der Waals surface area contributed by atoms with Crippen molar-refractivity contribution in [1.29, 1.82) is 0 Å². The topological polar surface area (TPSA) is 102 Å². The van der Waals surface area contributed by atoms with E-state index < -0.39 is 18.5 Å². The average Bonchev–Trinajstić information content (AvgIpc) is 3.23. The number of nitrogens with one attached hydrogen (secondary N) is 2. The summed E-state index contributed by atoms with van der Waals surface area (Å²) in [5.74, 6) is -1.46. The van der Waals surface area contributed by atoms with Gasteiger partial charge in [-0.2, -0.15) is 0 Å².